The average Bonchev–Trinajstić information content (AvgIpc) is 3.46. The Bertz CT molecular complexity index is 1320. The van der Waals surface area contributed by atoms with Crippen LogP contribution in [0.2, 0.25) is 0 Å². The van der Waals surface area contributed by atoms with Gasteiger partial charge in [-0.25, -0.2) is 4.39 Å². The highest BCUT2D eigenvalue weighted by atomic mass is 19.1. The van der Waals surface area contributed by atoms with Crippen LogP contribution in [-0.4, -0.2) is 35.0 Å². The van der Waals surface area contributed by atoms with Gasteiger partial charge in [-0.05, 0) is 72.0 Å². The summed E-state index contributed by atoms with van der Waals surface area (Å²) in [5.74, 6) is 0.375. The monoisotopic (exact) mass is 496 g/mol. The lowest BCUT2D eigenvalue weighted by Crippen LogP contribution is -2.37. The van der Waals surface area contributed by atoms with E-state index in [9.17, 15) is 9.18 Å². The van der Waals surface area contributed by atoms with Gasteiger partial charge in [-0.1, -0.05) is 42.5 Å². The van der Waals surface area contributed by atoms with Gasteiger partial charge in [0.2, 0.25) is 0 Å². The summed E-state index contributed by atoms with van der Waals surface area (Å²) in [6.45, 7) is 2.14. The van der Waals surface area contributed by atoms with Crippen molar-refractivity contribution < 1.29 is 18.7 Å². The number of pyridine rings is 1. The first-order valence-electron chi connectivity index (χ1n) is 12.5. The van der Waals surface area contributed by atoms with Crippen molar-refractivity contribution in [2.24, 2.45) is 0 Å². The molecule has 1 unspecified atom stereocenters. The van der Waals surface area contributed by atoms with E-state index in [0.717, 1.165) is 47.5 Å². The first-order chi connectivity index (χ1) is 18.1. The van der Waals surface area contributed by atoms with Gasteiger partial charge in [0.05, 0.1) is 6.10 Å². The minimum absolute atomic E-state index is 0.0254. The van der Waals surface area contributed by atoms with Crippen LogP contribution in [0.1, 0.15) is 34.3 Å². The molecule has 1 fully saturated rings. The van der Waals surface area contributed by atoms with Crippen LogP contribution in [0.3, 0.4) is 0 Å². The highest BCUT2D eigenvalue weighted by Gasteiger charge is 2.24. The molecule has 1 saturated heterocycles. The number of amides is 1. The van der Waals surface area contributed by atoms with Crippen LogP contribution in [0.4, 0.5) is 4.39 Å². The van der Waals surface area contributed by atoms with E-state index in [-0.39, 0.29) is 17.8 Å². The van der Waals surface area contributed by atoms with Crippen molar-refractivity contribution >= 4 is 5.91 Å². The van der Waals surface area contributed by atoms with Gasteiger partial charge in [-0.2, -0.15) is 0 Å². The van der Waals surface area contributed by atoms with E-state index in [4.69, 9.17) is 9.47 Å². The lowest BCUT2D eigenvalue weighted by atomic mass is 10.0. The van der Waals surface area contributed by atoms with Gasteiger partial charge in [-0.15, -0.1) is 0 Å². The first-order valence-corrected chi connectivity index (χ1v) is 12.5. The van der Waals surface area contributed by atoms with Crippen molar-refractivity contribution in [1.82, 2.24) is 9.88 Å². The molecular formula is C31H29FN2O3. The van der Waals surface area contributed by atoms with Crippen LogP contribution in [0.25, 0.3) is 11.1 Å². The van der Waals surface area contributed by atoms with E-state index < -0.39 is 0 Å². The third kappa shape index (κ3) is 6.60. The van der Waals surface area contributed by atoms with Gasteiger partial charge in [-0.3, -0.25) is 9.78 Å². The number of carbonyl (C=O) groups excluding carboxylic acids is 1. The maximum absolute atomic E-state index is 13.8. The number of ether oxygens (including phenoxy) is 2. The lowest BCUT2D eigenvalue weighted by Gasteiger charge is -2.26. The molecule has 0 N–H and O–H groups in total. The molecule has 1 aliphatic heterocycles. The van der Waals surface area contributed by atoms with Crippen LogP contribution >= 0.6 is 0 Å². The quantitative estimate of drug-likeness (QED) is 0.273. The first kappa shape index (κ1) is 24.7. The third-order valence-electron chi connectivity index (χ3n) is 6.43. The molecule has 3 aromatic carbocycles. The number of rotatable bonds is 9. The van der Waals surface area contributed by atoms with Gasteiger partial charge in [0.25, 0.3) is 5.91 Å². The second kappa shape index (κ2) is 11.8. The summed E-state index contributed by atoms with van der Waals surface area (Å²) in [6, 6.07) is 25.4. The summed E-state index contributed by atoms with van der Waals surface area (Å²) in [5, 5.41) is 0. The van der Waals surface area contributed by atoms with Crippen molar-refractivity contribution in [3.05, 3.63) is 120 Å². The minimum atomic E-state index is -0.304. The van der Waals surface area contributed by atoms with Crippen molar-refractivity contribution in [1.29, 1.82) is 0 Å². The van der Waals surface area contributed by atoms with Crippen molar-refractivity contribution in [3.8, 4) is 16.9 Å². The predicted molar refractivity (Wildman–Crippen MR) is 141 cm³/mol. The SMILES string of the molecule is O=C(c1cccc(-c2cccc(F)c2)c1)N(Cc1ccc(OCc2cccnc2)cc1)CC1CCCO1. The van der Waals surface area contributed by atoms with Crippen molar-refractivity contribution in [2.45, 2.75) is 32.1 Å². The number of benzene rings is 3. The number of nitrogens with zero attached hydrogens (tertiary/aromatic N) is 2. The molecule has 0 bridgehead atoms. The fourth-order valence-electron chi connectivity index (χ4n) is 4.50. The standard InChI is InChI=1S/C31H29FN2O3/c32-28-9-2-7-26(18-28)25-6-1-8-27(17-25)31(35)34(21-30-10-4-16-36-30)20-23-11-13-29(14-12-23)37-22-24-5-3-15-33-19-24/h1-3,5-9,11-15,17-19,30H,4,10,16,20-22H2. The van der Waals surface area contributed by atoms with E-state index in [1.165, 1.54) is 12.1 Å². The fraction of sp³-hybridized carbons (Fsp3) is 0.226. The van der Waals surface area contributed by atoms with E-state index in [2.05, 4.69) is 4.98 Å². The van der Waals surface area contributed by atoms with Gasteiger partial charge in [0.1, 0.15) is 18.2 Å². The number of halogens is 1. The Morgan fingerprint density at radius 3 is 2.51 bits per heavy atom. The Hall–Kier alpha value is -4.03. The highest BCUT2D eigenvalue weighted by Crippen LogP contribution is 2.24. The molecular weight excluding hydrogens is 467 g/mol. The molecule has 1 amide bonds. The number of aromatic nitrogens is 1. The highest BCUT2D eigenvalue weighted by molar-refractivity contribution is 5.95. The Morgan fingerprint density at radius 2 is 1.78 bits per heavy atom. The molecule has 1 atom stereocenters. The zero-order chi connectivity index (χ0) is 25.5. The van der Waals surface area contributed by atoms with Gasteiger partial charge in [0, 0.05) is 43.2 Å². The largest absolute Gasteiger partial charge is 0.489 e. The van der Waals surface area contributed by atoms with Crippen LogP contribution in [-0.2, 0) is 17.9 Å². The third-order valence-corrected chi connectivity index (χ3v) is 6.43. The van der Waals surface area contributed by atoms with Gasteiger partial charge >= 0.3 is 0 Å². The molecule has 2 heterocycles. The molecule has 0 aliphatic carbocycles. The molecule has 1 aromatic heterocycles. The van der Waals surface area contributed by atoms with Gasteiger partial charge in [0.15, 0.2) is 0 Å². The maximum atomic E-state index is 13.8. The Balaban J connectivity index is 1.31. The number of hydrogen-bond acceptors (Lipinski definition) is 4. The lowest BCUT2D eigenvalue weighted by molar-refractivity contribution is 0.0507. The van der Waals surface area contributed by atoms with Crippen molar-refractivity contribution in [3.63, 3.8) is 0 Å². The fourth-order valence-corrected chi connectivity index (χ4v) is 4.50. The van der Waals surface area contributed by atoms with Crippen LogP contribution < -0.4 is 4.74 Å². The van der Waals surface area contributed by atoms with Gasteiger partial charge < -0.3 is 14.4 Å². The zero-order valence-electron chi connectivity index (χ0n) is 20.6. The molecule has 0 radical (unpaired) electrons. The normalized spacial score (nSPS) is 14.9. The van der Waals surface area contributed by atoms with Crippen LogP contribution in [0.5, 0.6) is 5.75 Å². The number of hydrogen-bond donors (Lipinski definition) is 0. The Morgan fingerprint density at radius 1 is 0.973 bits per heavy atom. The second-order valence-corrected chi connectivity index (χ2v) is 9.21. The topological polar surface area (TPSA) is 51.7 Å². The van der Waals surface area contributed by atoms with E-state index >= 15 is 0 Å². The number of carbonyl (C=O) groups is 1. The minimum Gasteiger partial charge on any atom is -0.489 e. The van der Waals surface area contributed by atoms with E-state index in [1.54, 1.807) is 18.5 Å². The summed E-state index contributed by atoms with van der Waals surface area (Å²) < 4.78 is 25.5. The summed E-state index contributed by atoms with van der Waals surface area (Å²) in [4.78, 5) is 19.6. The molecule has 0 spiro atoms. The molecule has 37 heavy (non-hydrogen) atoms. The molecule has 5 rings (SSSR count). The molecule has 5 nitrogen and oxygen atoms in total. The van der Waals surface area contributed by atoms with E-state index in [0.29, 0.717) is 25.3 Å². The second-order valence-electron chi connectivity index (χ2n) is 9.21. The maximum Gasteiger partial charge on any atom is 0.254 e. The summed E-state index contributed by atoms with van der Waals surface area (Å²) >= 11 is 0. The van der Waals surface area contributed by atoms with Crippen molar-refractivity contribution in [2.75, 3.05) is 13.2 Å². The molecule has 0 saturated carbocycles. The summed E-state index contributed by atoms with van der Waals surface area (Å²) in [6.07, 6.45) is 5.49. The van der Waals surface area contributed by atoms with E-state index in [1.807, 2.05) is 71.6 Å². The molecule has 188 valence electrons. The Labute approximate surface area is 216 Å². The average molecular weight is 497 g/mol. The smallest absolute Gasteiger partial charge is 0.254 e. The predicted octanol–water partition coefficient (Wildman–Crippen LogP) is 6.29. The Kier molecular flexibility index (Phi) is 7.87. The van der Waals surface area contributed by atoms with Crippen LogP contribution in [0, 0.1) is 5.82 Å². The summed E-state index contributed by atoms with van der Waals surface area (Å²) in [7, 11) is 0. The molecule has 1 aliphatic rings. The molecule has 4 aromatic rings. The van der Waals surface area contributed by atoms with Crippen LogP contribution in [0.15, 0.2) is 97.3 Å². The zero-order valence-corrected chi connectivity index (χ0v) is 20.6. The molecule has 6 heteroatoms. The summed E-state index contributed by atoms with van der Waals surface area (Å²) in [5.41, 5.74) is 4.11.